The van der Waals surface area contributed by atoms with Crippen molar-refractivity contribution < 1.29 is 23.1 Å². The molecule has 5 rings (SSSR count). The number of pyridine rings is 2. The van der Waals surface area contributed by atoms with Gasteiger partial charge in [-0.3, -0.25) is 4.79 Å². The van der Waals surface area contributed by atoms with Crippen LogP contribution in [0.4, 0.5) is 5.82 Å². The average molecular weight is 495 g/mol. The maximum atomic E-state index is 13.2. The number of carboxylic acid groups (broad SMARTS) is 1. The molecule has 35 heavy (non-hydrogen) atoms. The van der Waals surface area contributed by atoms with Gasteiger partial charge in [0.05, 0.1) is 4.90 Å². The fraction of sp³-hybridized carbons (Fsp3) is 0.320. The third-order valence-electron chi connectivity index (χ3n) is 6.65. The SMILES string of the molecule is O=C(O)CN1CC(C2CCN(S(=O)(=O)c3ccc(Oc4ccccn4)cc3)CC2)c2cccnc21. The number of hydrogen-bond acceptors (Lipinski definition) is 7. The van der Waals surface area contributed by atoms with Crippen LogP contribution in [0.2, 0.25) is 0 Å². The zero-order valence-corrected chi connectivity index (χ0v) is 19.8. The Kier molecular flexibility index (Phi) is 6.40. The van der Waals surface area contributed by atoms with E-state index in [1.54, 1.807) is 53.7 Å². The molecule has 2 aliphatic rings. The molecule has 9 nitrogen and oxygen atoms in total. The van der Waals surface area contributed by atoms with E-state index in [2.05, 4.69) is 9.97 Å². The third-order valence-corrected chi connectivity index (χ3v) is 8.56. The minimum atomic E-state index is -3.62. The predicted octanol–water partition coefficient (Wildman–Crippen LogP) is 3.36. The van der Waals surface area contributed by atoms with Gasteiger partial charge in [0.1, 0.15) is 18.1 Å². The summed E-state index contributed by atoms with van der Waals surface area (Å²) in [5.74, 6) is 1.20. The van der Waals surface area contributed by atoms with E-state index in [0.717, 1.165) is 11.4 Å². The summed E-state index contributed by atoms with van der Waals surface area (Å²) >= 11 is 0. The van der Waals surface area contributed by atoms with Gasteiger partial charge >= 0.3 is 5.97 Å². The van der Waals surface area contributed by atoms with E-state index in [1.165, 1.54) is 4.31 Å². The van der Waals surface area contributed by atoms with Crippen LogP contribution in [-0.4, -0.2) is 59.9 Å². The molecule has 0 aliphatic carbocycles. The van der Waals surface area contributed by atoms with Gasteiger partial charge < -0.3 is 14.7 Å². The van der Waals surface area contributed by atoms with Crippen LogP contribution in [0.15, 0.2) is 71.9 Å². The van der Waals surface area contributed by atoms with Crippen LogP contribution in [0.1, 0.15) is 24.3 Å². The molecule has 0 amide bonds. The van der Waals surface area contributed by atoms with Crippen LogP contribution in [-0.2, 0) is 14.8 Å². The summed E-state index contributed by atoms with van der Waals surface area (Å²) in [4.78, 5) is 21.8. The fourth-order valence-corrected chi connectivity index (χ4v) is 6.44. The molecule has 0 bridgehead atoms. The number of aliphatic carboxylic acids is 1. The molecule has 182 valence electrons. The summed E-state index contributed by atoms with van der Waals surface area (Å²) in [6.45, 7) is 1.34. The molecule has 1 fully saturated rings. The van der Waals surface area contributed by atoms with Crippen LogP contribution in [0.25, 0.3) is 0 Å². The number of piperidine rings is 1. The number of aromatic nitrogens is 2. The van der Waals surface area contributed by atoms with Gasteiger partial charge in [-0.1, -0.05) is 12.1 Å². The highest BCUT2D eigenvalue weighted by Crippen LogP contribution is 2.42. The second kappa shape index (κ2) is 9.63. The van der Waals surface area contributed by atoms with Gasteiger partial charge in [-0.2, -0.15) is 4.31 Å². The lowest BCUT2D eigenvalue weighted by Crippen LogP contribution is -2.40. The highest BCUT2D eigenvalue weighted by molar-refractivity contribution is 7.89. The van der Waals surface area contributed by atoms with Crippen molar-refractivity contribution in [2.75, 3.05) is 31.1 Å². The summed E-state index contributed by atoms with van der Waals surface area (Å²) in [7, 11) is -3.62. The van der Waals surface area contributed by atoms with E-state index in [0.29, 0.717) is 44.1 Å². The van der Waals surface area contributed by atoms with Crippen LogP contribution >= 0.6 is 0 Å². The molecular weight excluding hydrogens is 468 g/mol. The molecule has 1 saturated heterocycles. The Hall–Kier alpha value is -3.50. The largest absolute Gasteiger partial charge is 0.480 e. The van der Waals surface area contributed by atoms with E-state index >= 15 is 0 Å². The third kappa shape index (κ3) is 4.85. The van der Waals surface area contributed by atoms with E-state index < -0.39 is 16.0 Å². The first-order valence-electron chi connectivity index (χ1n) is 11.5. The lowest BCUT2D eigenvalue weighted by atomic mass is 9.82. The van der Waals surface area contributed by atoms with Crippen LogP contribution in [0.3, 0.4) is 0 Å². The molecule has 1 atom stereocenters. The standard InChI is InChI=1S/C25H26N4O5S/c30-24(31)17-28-16-22(21-4-3-13-27-25(21)28)18-10-14-29(15-11-18)35(32,33)20-8-6-19(7-9-20)34-23-5-1-2-12-26-23/h1-9,12-13,18,22H,10-11,14-17H2,(H,30,31). The summed E-state index contributed by atoms with van der Waals surface area (Å²) in [5.41, 5.74) is 1.05. The number of sulfonamides is 1. The van der Waals surface area contributed by atoms with E-state index in [4.69, 9.17) is 4.74 Å². The van der Waals surface area contributed by atoms with Gasteiger partial charge in [0.25, 0.3) is 0 Å². The van der Waals surface area contributed by atoms with Crippen molar-refractivity contribution >= 4 is 21.8 Å². The quantitative estimate of drug-likeness (QED) is 0.532. The molecule has 1 aromatic carbocycles. The number of nitrogens with zero attached hydrogens (tertiary/aromatic N) is 4. The number of carboxylic acids is 1. The Labute approximate surface area is 204 Å². The van der Waals surface area contributed by atoms with Crippen molar-refractivity contribution in [1.29, 1.82) is 0 Å². The molecule has 0 radical (unpaired) electrons. The van der Waals surface area contributed by atoms with E-state index in [1.807, 2.05) is 18.2 Å². The first kappa shape index (κ1) is 23.3. The van der Waals surface area contributed by atoms with E-state index in [-0.39, 0.29) is 23.3 Å². The Morgan fingerprint density at radius 2 is 1.74 bits per heavy atom. The number of rotatable bonds is 7. The smallest absolute Gasteiger partial charge is 0.323 e. The van der Waals surface area contributed by atoms with Crippen molar-refractivity contribution in [3.8, 4) is 11.6 Å². The van der Waals surface area contributed by atoms with Crippen molar-refractivity contribution in [1.82, 2.24) is 14.3 Å². The molecule has 1 unspecified atom stereocenters. The maximum absolute atomic E-state index is 13.2. The molecule has 0 spiro atoms. The van der Waals surface area contributed by atoms with Crippen LogP contribution < -0.4 is 9.64 Å². The minimum Gasteiger partial charge on any atom is -0.480 e. The number of hydrogen-bond donors (Lipinski definition) is 1. The first-order chi connectivity index (χ1) is 16.9. The normalized spacial score (nSPS) is 18.9. The minimum absolute atomic E-state index is 0.0895. The van der Waals surface area contributed by atoms with Crippen molar-refractivity contribution in [3.05, 3.63) is 72.6 Å². The van der Waals surface area contributed by atoms with Crippen molar-refractivity contribution in [2.45, 2.75) is 23.7 Å². The Morgan fingerprint density at radius 1 is 1.00 bits per heavy atom. The van der Waals surface area contributed by atoms with E-state index in [9.17, 15) is 18.3 Å². The number of ether oxygens (including phenoxy) is 1. The zero-order chi connectivity index (χ0) is 24.4. The first-order valence-corrected chi connectivity index (χ1v) is 13.0. The zero-order valence-electron chi connectivity index (χ0n) is 19.0. The fourth-order valence-electron chi connectivity index (χ4n) is 4.97. The van der Waals surface area contributed by atoms with Gasteiger partial charge in [0.15, 0.2) is 0 Å². The summed E-state index contributed by atoms with van der Waals surface area (Å²) in [6, 6.07) is 15.6. The molecule has 2 aromatic heterocycles. The topological polar surface area (TPSA) is 113 Å². The highest BCUT2D eigenvalue weighted by atomic mass is 32.2. The maximum Gasteiger partial charge on any atom is 0.323 e. The molecule has 3 aromatic rings. The lowest BCUT2D eigenvalue weighted by molar-refractivity contribution is -0.135. The summed E-state index contributed by atoms with van der Waals surface area (Å²) in [6.07, 6.45) is 4.72. The molecule has 0 saturated carbocycles. The number of anilines is 1. The molecule has 4 heterocycles. The number of carbonyl (C=O) groups is 1. The van der Waals surface area contributed by atoms with Crippen molar-refractivity contribution in [3.63, 3.8) is 0 Å². The molecule has 2 aliphatic heterocycles. The van der Waals surface area contributed by atoms with Gasteiger partial charge in [0.2, 0.25) is 15.9 Å². The highest BCUT2D eigenvalue weighted by Gasteiger charge is 2.39. The Balaban J connectivity index is 1.24. The second-order valence-electron chi connectivity index (χ2n) is 8.78. The molecule has 10 heteroatoms. The summed E-state index contributed by atoms with van der Waals surface area (Å²) < 4.78 is 33.7. The van der Waals surface area contributed by atoms with Gasteiger partial charge in [0, 0.05) is 44.0 Å². The van der Waals surface area contributed by atoms with Crippen molar-refractivity contribution in [2.24, 2.45) is 5.92 Å². The van der Waals surface area contributed by atoms with Gasteiger partial charge in [-0.05, 0) is 60.7 Å². The Morgan fingerprint density at radius 3 is 2.43 bits per heavy atom. The van der Waals surface area contributed by atoms with Gasteiger partial charge in [-0.25, -0.2) is 18.4 Å². The van der Waals surface area contributed by atoms with Crippen LogP contribution in [0.5, 0.6) is 11.6 Å². The molecular formula is C25H26N4O5S. The monoisotopic (exact) mass is 494 g/mol. The van der Waals surface area contributed by atoms with Gasteiger partial charge in [-0.15, -0.1) is 0 Å². The lowest BCUT2D eigenvalue weighted by Gasteiger charge is -2.34. The number of fused-ring (bicyclic) bond motifs is 1. The van der Waals surface area contributed by atoms with Crippen LogP contribution in [0, 0.1) is 5.92 Å². The number of benzene rings is 1. The summed E-state index contributed by atoms with van der Waals surface area (Å²) in [5, 5.41) is 9.27. The second-order valence-corrected chi connectivity index (χ2v) is 10.7. The average Bonchev–Trinajstić information content (AvgIpc) is 3.23. The Bertz CT molecular complexity index is 1290. The molecule has 1 N–H and O–H groups in total. The predicted molar refractivity (Wildman–Crippen MR) is 129 cm³/mol.